The van der Waals surface area contributed by atoms with Gasteiger partial charge in [-0.25, -0.2) is 0 Å². The van der Waals surface area contributed by atoms with Crippen LogP contribution in [0.15, 0.2) is 36.5 Å². The number of rotatable bonds is 3. The summed E-state index contributed by atoms with van der Waals surface area (Å²) in [4.78, 5) is 15.9. The molecule has 0 saturated carbocycles. The van der Waals surface area contributed by atoms with Crippen molar-refractivity contribution in [3.05, 3.63) is 62.9 Å². The number of halogens is 3. The molecule has 1 aromatic heterocycles. The first-order valence-electron chi connectivity index (χ1n) is 5.15. The molecule has 0 amide bonds. The van der Waals surface area contributed by atoms with Crippen molar-refractivity contribution >= 4 is 40.6 Å². The molecular formula is C13H8Cl3NO. The van der Waals surface area contributed by atoms with Gasteiger partial charge in [-0.15, -0.1) is 0 Å². The number of benzene rings is 1. The molecule has 0 unspecified atom stereocenters. The number of ketones is 1. The fourth-order valence-corrected chi connectivity index (χ4v) is 1.90. The van der Waals surface area contributed by atoms with Gasteiger partial charge in [-0.3, -0.25) is 9.78 Å². The minimum Gasteiger partial charge on any atom is -0.292 e. The van der Waals surface area contributed by atoms with Gasteiger partial charge in [0.15, 0.2) is 5.78 Å². The Labute approximate surface area is 120 Å². The first-order chi connectivity index (χ1) is 8.56. The number of carbonyl (C=O) groups excluding carboxylic acids is 1. The van der Waals surface area contributed by atoms with Crippen LogP contribution in [0.2, 0.25) is 15.1 Å². The molecule has 1 aromatic carbocycles. The molecule has 0 aliphatic heterocycles. The average Bonchev–Trinajstić information content (AvgIpc) is 2.34. The molecule has 2 rings (SSSR count). The highest BCUT2D eigenvalue weighted by atomic mass is 35.5. The van der Waals surface area contributed by atoms with E-state index < -0.39 is 0 Å². The van der Waals surface area contributed by atoms with Gasteiger partial charge in [0.25, 0.3) is 0 Å². The van der Waals surface area contributed by atoms with Crippen molar-refractivity contribution in [1.29, 1.82) is 0 Å². The second-order valence-electron chi connectivity index (χ2n) is 3.71. The van der Waals surface area contributed by atoms with Crippen molar-refractivity contribution < 1.29 is 4.79 Å². The molecule has 0 spiro atoms. The van der Waals surface area contributed by atoms with E-state index in [0.29, 0.717) is 20.8 Å². The molecule has 0 saturated heterocycles. The lowest BCUT2D eigenvalue weighted by Crippen LogP contribution is -2.05. The Bertz CT molecular complexity index is 581. The van der Waals surface area contributed by atoms with Crippen molar-refractivity contribution in [2.24, 2.45) is 0 Å². The monoisotopic (exact) mass is 299 g/mol. The minimum atomic E-state index is -0.0925. The van der Waals surface area contributed by atoms with E-state index in [4.69, 9.17) is 34.8 Å². The summed E-state index contributed by atoms with van der Waals surface area (Å²) < 4.78 is 0. The second kappa shape index (κ2) is 5.70. The lowest BCUT2D eigenvalue weighted by molar-refractivity contribution is 0.0988. The standard InChI is InChI=1S/C13H8Cl3NO/c14-9-2-4-12(17-7-9)13(18)6-8-1-3-10(15)11(16)5-8/h1-5,7H,6H2. The van der Waals surface area contributed by atoms with E-state index in [1.165, 1.54) is 6.20 Å². The molecule has 0 aliphatic rings. The van der Waals surface area contributed by atoms with Crippen LogP contribution in [0.25, 0.3) is 0 Å². The molecule has 1 heterocycles. The van der Waals surface area contributed by atoms with Gasteiger partial charge in [0.1, 0.15) is 5.69 Å². The third-order valence-electron chi connectivity index (χ3n) is 2.36. The Kier molecular flexibility index (Phi) is 4.23. The summed E-state index contributed by atoms with van der Waals surface area (Å²) in [5.74, 6) is -0.0925. The van der Waals surface area contributed by atoms with E-state index in [-0.39, 0.29) is 12.2 Å². The largest absolute Gasteiger partial charge is 0.292 e. The number of hydrogen-bond donors (Lipinski definition) is 0. The van der Waals surface area contributed by atoms with Crippen LogP contribution in [-0.4, -0.2) is 10.8 Å². The molecule has 0 aliphatic carbocycles. The van der Waals surface area contributed by atoms with E-state index in [1.54, 1.807) is 30.3 Å². The lowest BCUT2D eigenvalue weighted by atomic mass is 10.1. The lowest BCUT2D eigenvalue weighted by Gasteiger charge is -2.03. The number of Topliss-reactive ketones (excluding diaryl/α,β-unsaturated/α-hetero) is 1. The zero-order chi connectivity index (χ0) is 13.1. The van der Waals surface area contributed by atoms with Crippen LogP contribution in [0.3, 0.4) is 0 Å². The van der Waals surface area contributed by atoms with Gasteiger partial charge in [-0.2, -0.15) is 0 Å². The molecule has 0 bridgehead atoms. The topological polar surface area (TPSA) is 30.0 Å². The first kappa shape index (κ1) is 13.3. The van der Waals surface area contributed by atoms with E-state index in [1.807, 2.05) is 0 Å². The van der Waals surface area contributed by atoms with Crippen molar-refractivity contribution in [2.75, 3.05) is 0 Å². The van der Waals surface area contributed by atoms with Crippen LogP contribution in [0, 0.1) is 0 Å². The molecule has 92 valence electrons. The van der Waals surface area contributed by atoms with Crippen LogP contribution in [-0.2, 0) is 6.42 Å². The van der Waals surface area contributed by atoms with Gasteiger partial charge in [-0.1, -0.05) is 40.9 Å². The van der Waals surface area contributed by atoms with E-state index >= 15 is 0 Å². The maximum absolute atomic E-state index is 11.9. The van der Waals surface area contributed by atoms with Gasteiger partial charge < -0.3 is 0 Å². The highest BCUT2D eigenvalue weighted by molar-refractivity contribution is 6.42. The number of aromatic nitrogens is 1. The van der Waals surface area contributed by atoms with Crippen molar-refractivity contribution in [3.8, 4) is 0 Å². The van der Waals surface area contributed by atoms with Gasteiger partial charge in [0.2, 0.25) is 0 Å². The third kappa shape index (κ3) is 3.22. The molecule has 0 fully saturated rings. The summed E-state index contributed by atoms with van der Waals surface area (Å²) in [5, 5.41) is 1.41. The number of hydrogen-bond acceptors (Lipinski definition) is 2. The van der Waals surface area contributed by atoms with E-state index in [0.717, 1.165) is 5.56 Å². The molecular weight excluding hydrogens is 293 g/mol. The smallest absolute Gasteiger partial charge is 0.185 e. The van der Waals surface area contributed by atoms with E-state index in [2.05, 4.69) is 4.98 Å². The van der Waals surface area contributed by atoms with Crippen molar-refractivity contribution in [3.63, 3.8) is 0 Å². The maximum atomic E-state index is 11.9. The molecule has 18 heavy (non-hydrogen) atoms. The van der Waals surface area contributed by atoms with Gasteiger partial charge in [-0.05, 0) is 29.8 Å². The first-order valence-corrected chi connectivity index (χ1v) is 6.28. The van der Waals surface area contributed by atoms with Gasteiger partial charge in [0, 0.05) is 12.6 Å². The van der Waals surface area contributed by atoms with E-state index in [9.17, 15) is 4.79 Å². The average molecular weight is 301 g/mol. The Balaban J connectivity index is 2.16. The summed E-state index contributed by atoms with van der Waals surface area (Å²) >= 11 is 17.4. The van der Waals surface area contributed by atoms with Crippen molar-refractivity contribution in [2.45, 2.75) is 6.42 Å². The normalized spacial score (nSPS) is 10.4. The molecule has 2 nitrogen and oxygen atoms in total. The summed E-state index contributed by atoms with van der Waals surface area (Å²) in [5.41, 5.74) is 1.18. The Morgan fingerprint density at radius 2 is 1.83 bits per heavy atom. The van der Waals surface area contributed by atoms with Crippen LogP contribution >= 0.6 is 34.8 Å². The van der Waals surface area contributed by atoms with Crippen molar-refractivity contribution in [1.82, 2.24) is 4.98 Å². The zero-order valence-corrected chi connectivity index (χ0v) is 11.4. The molecule has 2 aromatic rings. The summed E-state index contributed by atoms with van der Waals surface area (Å²) in [6.45, 7) is 0. The Morgan fingerprint density at radius 3 is 2.44 bits per heavy atom. The summed E-state index contributed by atoms with van der Waals surface area (Å²) in [6.07, 6.45) is 1.68. The van der Waals surface area contributed by atoms with Crippen LogP contribution in [0.4, 0.5) is 0 Å². The van der Waals surface area contributed by atoms with Gasteiger partial charge >= 0.3 is 0 Å². The predicted octanol–water partition coefficient (Wildman–Crippen LogP) is 4.47. The SMILES string of the molecule is O=C(Cc1ccc(Cl)c(Cl)c1)c1ccc(Cl)cn1. The minimum absolute atomic E-state index is 0.0925. The maximum Gasteiger partial charge on any atom is 0.185 e. The molecule has 0 atom stereocenters. The number of pyridine rings is 1. The fraction of sp³-hybridized carbons (Fsp3) is 0.0769. The number of carbonyl (C=O) groups is 1. The quantitative estimate of drug-likeness (QED) is 0.783. The van der Waals surface area contributed by atoms with Crippen LogP contribution in [0.1, 0.15) is 16.1 Å². The molecule has 5 heteroatoms. The molecule has 0 N–H and O–H groups in total. The Morgan fingerprint density at radius 1 is 1.06 bits per heavy atom. The second-order valence-corrected chi connectivity index (χ2v) is 4.96. The fourth-order valence-electron chi connectivity index (χ4n) is 1.47. The third-order valence-corrected chi connectivity index (χ3v) is 3.32. The summed E-state index contributed by atoms with van der Waals surface area (Å²) in [7, 11) is 0. The number of nitrogens with zero attached hydrogens (tertiary/aromatic N) is 1. The highest BCUT2D eigenvalue weighted by Crippen LogP contribution is 2.23. The highest BCUT2D eigenvalue weighted by Gasteiger charge is 2.09. The zero-order valence-electron chi connectivity index (χ0n) is 9.16. The van der Waals surface area contributed by atoms with Crippen LogP contribution in [0.5, 0.6) is 0 Å². The van der Waals surface area contributed by atoms with Crippen LogP contribution < -0.4 is 0 Å². The molecule has 0 radical (unpaired) electrons. The predicted molar refractivity (Wildman–Crippen MR) is 73.7 cm³/mol. The van der Waals surface area contributed by atoms with Gasteiger partial charge in [0.05, 0.1) is 15.1 Å². The Hall–Kier alpha value is -1.09. The summed E-state index contributed by atoms with van der Waals surface area (Å²) in [6, 6.07) is 8.35.